The lowest BCUT2D eigenvalue weighted by atomic mass is 9.91. The van der Waals surface area contributed by atoms with E-state index in [9.17, 15) is 4.79 Å². The second-order valence-electron chi connectivity index (χ2n) is 5.96. The van der Waals surface area contributed by atoms with Gasteiger partial charge in [0.05, 0.1) is 11.1 Å². The van der Waals surface area contributed by atoms with Gasteiger partial charge in [0.25, 0.3) is 0 Å². The van der Waals surface area contributed by atoms with Crippen molar-refractivity contribution in [2.24, 2.45) is 11.7 Å². The minimum absolute atomic E-state index is 0. The first-order valence-electron chi connectivity index (χ1n) is 7.98. The van der Waals surface area contributed by atoms with Crippen LogP contribution >= 0.6 is 28.3 Å². The number of nitrogens with zero attached hydrogens (tertiary/aromatic N) is 1. The van der Waals surface area contributed by atoms with Crippen LogP contribution in [0.2, 0.25) is 0 Å². The van der Waals surface area contributed by atoms with Gasteiger partial charge in [-0.3, -0.25) is 4.79 Å². The third-order valence-corrected chi connectivity index (χ3v) is 4.92. The predicted molar refractivity (Wildman–Crippen MR) is 99.1 cm³/mol. The second kappa shape index (κ2) is 10.2. The molecule has 0 aliphatic carbocycles. The molecule has 0 bridgehead atoms. The van der Waals surface area contributed by atoms with Crippen molar-refractivity contribution in [2.45, 2.75) is 38.6 Å². The molecule has 4 nitrogen and oxygen atoms in total. The molecule has 6 heteroatoms. The first kappa shape index (κ1) is 20.3. The summed E-state index contributed by atoms with van der Waals surface area (Å²) in [7, 11) is 0. The molecule has 1 fully saturated rings. The van der Waals surface area contributed by atoms with E-state index >= 15 is 0 Å². The van der Waals surface area contributed by atoms with Gasteiger partial charge in [0.15, 0.2) is 0 Å². The Morgan fingerprint density at radius 2 is 2.04 bits per heavy atom. The monoisotopic (exact) mass is 404 g/mol. The fourth-order valence-corrected chi connectivity index (χ4v) is 3.20. The van der Waals surface area contributed by atoms with Crippen molar-refractivity contribution < 1.29 is 9.53 Å². The Bertz CT molecular complexity index is 491. The highest BCUT2D eigenvalue weighted by molar-refractivity contribution is 9.10. The van der Waals surface area contributed by atoms with Crippen LogP contribution in [-0.2, 0) is 4.79 Å². The van der Waals surface area contributed by atoms with Crippen LogP contribution in [0.15, 0.2) is 28.7 Å². The molecule has 0 radical (unpaired) electrons. The van der Waals surface area contributed by atoms with E-state index in [4.69, 9.17) is 10.5 Å². The maximum Gasteiger partial charge on any atom is 0.222 e. The summed E-state index contributed by atoms with van der Waals surface area (Å²) < 4.78 is 6.63. The number of ether oxygens (including phenoxy) is 1. The fourth-order valence-electron chi connectivity index (χ4n) is 2.80. The molecule has 0 spiro atoms. The van der Waals surface area contributed by atoms with Crippen molar-refractivity contribution >= 4 is 34.2 Å². The average Bonchev–Trinajstić information content (AvgIpc) is 2.53. The first-order chi connectivity index (χ1) is 10.6. The number of hydrogen-bond acceptors (Lipinski definition) is 3. The summed E-state index contributed by atoms with van der Waals surface area (Å²) in [5.74, 6) is 1.62. The van der Waals surface area contributed by atoms with Gasteiger partial charge in [0, 0.05) is 25.6 Å². The van der Waals surface area contributed by atoms with Gasteiger partial charge in [-0.05, 0) is 60.2 Å². The predicted octanol–water partition coefficient (Wildman–Crippen LogP) is 3.62. The van der Waals surface area contributed by atoms with Crippen molar-refractivity contribution in [1.29, 1.82) is 0 Å². The van der Waals surface area contributed by atoms with Gasteiger partial charge in [-0.25, -0.2) is 0 Å². The minimum atomic E-state index is 0. The maximum atomic E-state index is 12.2. The van der Waals surface area contributed by atoms with E-state index in [-0.39, 0.29) is 24.4 Å². The molecule has 1 aliphatic heterocycles. The van der Waals surface area contributed by atoms with Crippen molar-refractivity contribution in [3.63, 3.8) is 0 Å². The van der Waals surface area contributed by atoms with Gasteiger partial charge in [0.2, 0.25) is 5.91 Å². The number of nitrogens with two attached hydrogens (primary N) is 1. The molecule has 0 aromatic heterocycles. The van der Waals surface area contributed by atoms with Crippen LogP contribution in [0.1, 0.15) is 32.6 Å². The number of carbonyl (C=O) groups excluding carboxylic acids is 1. The number of benzene rings is 1. The molecule has 1 amide bonds. The van der Waals surface area contributed by atoms with Crippen LogP contribution in [0.4, 0.5) is 0 Å². The van der Waals surface area contributed by atoms with E-state index in [1.165, 1.54) is 0 Å². The van der Waals surface area contributed by atoms with Crippen LogP contribution in [-0.4, -0.2) is 36.5 Å². The summed E-state index contributed by atoms with van der Waals surface area (Å²) in [5, 5.41) is 0. The highest BCUT2D eigenvalue weighted by Gasteiger charge is 2.24. The molecule has 1 unspecified atom stereocenters. The molecule has 2 N–H and O–H groups in total. The Balaban J connectivity index is 0.00000264. The van der Waals surface area contributed by atoms with Gasteiger partial charge in [-0.2, -0.15) is 0 Å². The third-order valence-electron chi connectivity index (χ3n) is 4.27. The molecule has 1 heterocycles. The zero-order chi connectivity index (χ0) is 15.9. The Hall–Kier alpha value is -0.780. The SMILES string of the molecule is CC(N)C1CCN(C(=O)CCCOc2ccccc2Br)CC1.Cl. The Kier molecular flexibility index (Phi) is 8.95. The fraction of sp³-hybridized carbons (Fsp3) is 0.588. The van der Waals surface area contributed by atoms with Gasteiger partial charge < -0.3 is 15.4 Å². The molecule has 1 saturated heterocycles. The lowest BCUT2D eigenvalue weighted by molar-refractivity contribution is -0.132. The van der Waals surface area contributed by atoms with E-state index in [1.54, 1.807) is 0 Å². The van der Waals surface area contributed by atoms with Crippen molar-refractivity contribution in [2.75, 3.05) is 19.7 Å². The number of piperidine rings is 1. The highest BCUT2D eigenvalue weighted by atomic mass is 79.9. The van der Waals surface area contributed by atoms with E-state index < -0.39 is 0 Å². The number of amides is 1. The number of likely N-dealkylation sites (tertiary alicyclic amines) is 1. The number of rotatable bonds is 6. The van der Waals surface area contributed by atoms with E-state index in [0.717, 1.165) is 42.6 Å². The number of halogens is 2. The zero-order valence-electron chi connectivity index (χ0n) is 13.5. The summed E-state index contributed by atoms with van der Waals surface area (Å²) in [6.45, 7) is 4.30. The Morgan fingerprint density at radius 1 is 1.39 bits per heavy atom. The maximum absolute atomic E-state index is 12.2. The molecule has 23 heavy (non-hydrogen) atoms. The largest absolute Gasteiger partial charge is 0.492 e. The lowest BCUT2D eigenvalue weighted by Crippen LogP contribution is -2.42. The highest BCUT2D eigenvalue weighted by Crippen LogP contribution is 2.24. The van der Waals surface area contributed by atoms with Gasteiger partial charge in [0.1, 0.15) is 5.75 Å². The number of hydrogen-bond donors (Lipinski definition) is 1. The first-order valence-corrected chi connectivity index (χ1v) is 8.78. The molecular formula is C17H26BrClN2O2. The quantitative estimate of drug-likeness (QED) is 0.735. The standard InChI is InChI=1S/C17H25BrN2O2.ClH/c1-13(19)14-8-10-20(11-9-14)17(21)7-4-12-22-16-6-3-2-5-15(16)18;/h2-3,5-6,13-14H,4,7-12,19H2,1H3;1H. The van der Waals surface area contributed by atoms with Crippen molar-refractivity contribution in [3.05, 3.63) is 28.7 Å². The van der Waals surface area contributed by atoms with Crippen LogP contribution in [0.5, 0.6) is 5.75 Å². The summed E-state index contributed by atoms with van der Waals surface area (Å²) in [5.41, 5.74) is 5.93. The summed E-state index contributed by atoms with van der Waals surface area (Å²) in [6.07, 6.45) is 3.34. The van der Waals surface area contributed by atoms with Gasteiger partial charge >= 0.3 is 0 Å². The van der Waals surface area contributed by atoms with Crippen LogP contribution < -0.4 is 10.5 Å². The molecule has 0 saturated carbocycles. The third kappa shape index (κ3) is 6.32. The minimum Gasteiger partial charge on any atom is -0.492 e. The van der Waals surface area contributed by atoms with E-state index in [0.29, 0.717) is 18.9 Å². The van der Waals surface area contributed by atoms with Crippen molar-refractivity contribution in [1.82, 2.24) is 4.90 Å². The molecule has 130 valence electrons. The number of carbonyl (C=O) groups is 1. The summed E-state index contributed by atoms with van der Waals surface area (Å²) in [6, 6.07) is 7.99. The van der Waals surface area contributed by atoms with Gasteiger partial charge in [-0.15, -0.1) is 12.4 Å². The summed E-state index contributed by atoms with van der Waals surface area (Å²) >= 11 is 3.45. The topological polar surface area (TPSA) is 55.6 Å². The molecule has 2 rings (SSSR count). The van der Waals surface area contributed by atoms with E-state index in [1.807, 2.05) is 29.2 Å². The molecule has 1 aromatic rings. The normalized spacial score (nSPS) is 16.6. The molecule has 1 aliphatic rings. The smallest absolute Gasteiger partial charge is 0.222 e. The Morgan fingerprint density at radius 3 is 2.65 bits per heavy atom. The second-order valence-corrected chi connectivity index (χ2v) is 6.81. The molecule has 1 atom stereocenters. The zero-order valence-corrected chi connectivity index (χ0v) is 15.9. The van der Waals surface area contributed by atoms with Crippen LogP contribution in [0, 0.1) is 5.92 Å². The summed E-state index contributed by atoms with van der Waals surface area (Å²) in [4.78, 5) is 14.2. The Labute approximate surface area is 153 Å². The van der Waals surface area contributed by atoms with Gasteiger partial charge in [-0.1, -0.05) is 12.1 Å². The van der Waals surface area contributed by atoms with Crippen LogP contribution in [0.3, 0.4) is 0 Å². The van der Waals surface area contributed by atoms with E-state index in [2.05, 4.69) is 22.9 Å². The lowest BCUT2D eigenvalue weighted by Gasteiger charge is -2.33. The average molecular weight is 406 g/mol. The molecule has 1 aromatic carbocycles. The van der Waals surface area contributed by atoms with Crippen molar-refractivity contribution in [3.8, 4) is 5.75 Å². The van der Waals surface area contributed by atoms with Crippen LogP contribution in [0.25, 0.3) is 0 Å². The molecular weight excluding hydrogens is 380 g/mol. The number of para-hydroxylation sites is 1.